The van der Waals surface area contributed by atoms with Crippen LogP contribution in [0.15, 0.2) is 24.3 Å². The number of alkyl halides is 1. The molecule has 0 saturated heterocycles. The number of carbonyl (C=O) groups excluding carboxylic acids is 1. The number of hydrogen-bond acceptors (Lipinski definition) is 2. The third-order valence-electron chi connectivity index (χ3n) is 2.61. The number of phenols is 1. The van der Waals surface area contributed by atoms with Gasteiger partial charge < -0.3 is 10.0 Å². The van der Waals surface area contributed by atoms with Crippen LogP contribution < -0.4 is 0 Å². The predicted octanol–water partition coefficient (Wildman–Crippen LogP) is 2.02. The van der Waals surface area contributed by atoms with Gasteiger partial charge in [0.25, 0.3) is 0 Å². The van der Waals surface area contributed by atoms with Crippen molar-refractivity contribution in [1.82, 2.24) is 4.90 Å². The quantitative estimate of drug-likeness (QED) is 0.820. The summed E-state index contributed by atoms with van der Waals surface area (Å²) in [5, 5.41) is 9.54. The standard InChI is InChI=1S/C12H16ClNO2/c1-9(8-13)14(2)12(16)7-10-5-3-4-6-11(10)15/h3-6,9,15H,7-8H2,1-2H3. The van der Waals surface area contributed by atoms with Crippen molar-refractivity contribution in [1.29, 1.82) is 0 Å². The molecule has 0 fully saturated rings. The Morgan fingerprint density at radius 1 is 1.50 bits per heavy atom. The van der Waals surface area contributed by atoms with Gasteiger partial charge in [-0.2, -0.15) is 0 Å². The molecule has 1 aromatic rings. The van der Waals surface area contributed by atoms with Crippen LogP contribution in [0.2, 0.25) is 0 Å². The Morgan fingerprint density at radius 3 is 2.69 bits per heavy atom. The van der Waals surface area contributed by atoms with Crippen molar-refractivity contribution in [3.63, 3.8) is 0 Å². The fourth-order valence-corrected chi connectivity index (χ4v) is 1.50. The Morgan fingerprint density at radius 2 is 2.12 bits per heavy atom. The molecule has 16 heavy (non-hydrogen) atoms. The van der Waals surface area contributed by atoms with Gasteiger partial charge in [0.05, 0.1) is 6.42 Å². The molecule has 88 valence electrons. The number of para-hydroxylation sites is 1. The summed E-state index contributed by atoms with van der Waals surface area (Å²) in [6.45, 7) is 1.88. The summed E-state index contributed by atoms with van der Waals surface area (Å²) in [5.41, 5.74) is 0.640. The van der Waals surface area contributed by atoms with E-state index in [-0.39, 0.29) is 24.1 Å². The van der Waals surface area contributed by atoms with Gasteiger partial charge in [0.15, 0.2) is 0 Å². The highest BCUT2D eigenvalue weighted by molar-refractivity contribution is 6.18. The molecule has 1 atom stereocenters. The molecule has 0 aliphatic carbocycles. The third kappa shape index (κ3) is 3.14. The van der Waals surface area contributed by atoms with Crippen LogP contribution in [0, 0.1) is 0 Å². The van der Waals surface area contributed by atoms with Crippen molar-refractivity contribution >= 4 is 17.5 Å². The molecular formula is C12H16ClNO2. The largest absolute Gasteiger partial charge is 0.508 e. The Bertz CT molecular complexity index is 368. The van der Waals surface area contributed by atoms with Crippen LogP contribution in [0.3, 0.4) is 0 Å². The van der Waals surface area contributed by atoms with Crippen molar-refractivity contribution in [2.45, 2.75) is 19.4 Å². The molecule has 0 saturated carbocycles. The maximum atomic E-state index is 11.8. The van der Waals surface area contributed by atoms with E-state index in [2.05, 4.69) is 0 Å². The maximum Gasteiger partial charge on any atom is 0.227 e. The van der Waals surface area contributed by atoms with E-state index in [9.17, 15) is 9.90 Å². The number of nitrogens with zero attached hydrogens (tertiary/aromatic N) is 1. The zero-order valence-electron chi connectivity index (χ0n) is 9.48. The molecule has 1 rings (SSSR count). The average molecular weight is 242 g/mol. The molecule has 4 heteroatoms. The van der Waals surface area contributed by atoms with Crippen LogP contribution in [-0.4, -0.2) is 34.9 Å². The van der Waals surface area contributed by atoms with Crippen molar-refractivity contribution in [3.05, 3.63) is 29.8 Å². The van der Waals surface area contributed by atoms with E-state index in [1.54, 1.807) is 36.2 Å². The summed E-state index contributed by atoms with van der Waals surface area (Å²) in [4.78, 5) is 13.4. The Labute approximate surface area is 101 Å². The summed E-state index contributed by atoms with van der Waals surface area (Å²) in [5.74, 6) is 0.514. The van der Waals surface area contributed by atoms with Gasteiger partial charge in [-0.15, -0.1) is 11.6 Å². The predicted molar refractivity (Wildman–Crippen MR) is 64.8 cm³/mol. The Balaban J connectivity index is 2.68. The fraction of sp³-hybridized carbons (Fsp3) is 0.417. The molecule has 1 aromatic carbocycles. The van der Waals surface area contributed by atoms with E-state index >= 15 is 0 Å². The van der Waals surface area contributed by atoms with E-state index in [0.717, 1.165) is 0 Å². The minimum Gasteiger partial charge on any atom is -0.508 e. The smallest absolute Gasteiger partial charge is 0.227 e. The number of aromatic hydroxyl groups is 1. The second kappa shape index (κ2) is 5.75. The lowest BCUT2D eigenvalue weighted by atomic mass is 10.1. The van der Waals surface area contributed by atoms with Gasteiger partial charge in [-0.05, 0) is 13.0 Å². The lowest BCUT2D eigenvalue weighted by Crippen LogP contribution is -2.37. The molecule has 0 aliphatic heterocycles. The first-order valence-corrected chi connectivity index (χ1v) is 5.68. The lowest BCUT2D eigenvalue weighted by molar-refractivity contribution is -0.130. The molecule has 0 radical (unpaired) electrons. The second-order valence-electron chi connectivity index (χ2n) is 3.81. The van der Waals surface area contributed by atoms with Gasteiger partial charge in [-0.1, -0.05) is 18.2 Å². The molecule has 0 bridgehead atoms. The van der Waals surface area contributed by atoms with Gasteiger partial charge in [-0.3, -0.25) is 4.79 Å². The van der Waals surface area contributed by atoms with Crippen molar-refractivity contribution in [2.75, 3.05) is 12.9 Å². The zero-order chi connectivity index (χ0) is 12.1. The van der Waals surface area contributed by atoms with Gasteiger partial charge in [0.2, 0.25) is 5.91 Å². The highest BCUT2D eigenvalue weighted by Crippen LogP contribution is 2.17. The molecule has 0 heterocycles. The summed E-state index contributed by atoms with van der Waals surface area (Å²) >= 11 is 5.68. The topological polar surface area (TPSA) is 40.5 Å². The van der Waals surface area contributed by atoms with E-state index in [4.69, 9.17) is 11.6 Å². The van der Waals surface area contributed by atoms with Crippen LogP contribution >= 0.6 is 11.6 Å². The van der Waals surface area contributed by atoms with Gasteiger partial charge in [0.1, 0.15) is 5.75 Å². The molecule has 0 aromatic heterocycles. The first kappa shape index (κ1) is 12.8. The van der Waals surface area contributed by atoms with Crippen molar-refractivity contribution in [2.24, 2.45) is 0 Å². The number of hydrogen-bond donors (Lipinski definition) is 1. The third-order valence-corrected chi connectivity index (χ3v) is 3.06. The molecule has 1 unspecified atom stereocenters. The minimum atomic E-state index is -0.0466. The van der Waals surface area contributed by atoms with Crippen LogP contribution in [-0.2, 0) is 11.2 Å². The number of halogens is 1. The monoisotopic (exact) mass is 241 g/mol. The number of amides is 1. The Hall–Kier alpha value is -1.22. The average Bonchev–Trinajstić information content (AvgIpc) is 2.30. The number of phenolic OH excluding ortho intramolecular Hbond substituents is 1. The van der Waals surface area contributed by atoms with Crippen LogP contribution in [0.25, 0.3) is 0 Å². The van der Waals surface area contributed by atoms with Gasteiger partial charge >= 0.3 is 0 Å². The number of benzene rings is 1. The van der Waals surface area contributed by atoms with E-state index in [0.29, 0.717) is 11.4 Å². The van der Waals surface area contributed by atoms with Crippen molar-refractivity contribution < 1.29 is 9.90 Å². The summed E-state index contributed by atoms with van der Waals surface area (Å²) in [6.07, 6.45) is 0.199. The van der Waals surface area contributed by atoms with E-state index < -0.39 is 0 Å². The Kier molecular flexibility index (Phi) is 4.62. The lowest BCUT2D eigenvalue weighted by Gasteiger charge is -2.23. The summed E-state index contributed by atoms with van der Waals surface area (Å²) < 4.78 is 0. The van der Waals surface area contributed by atoms with Crippen LogP contribution in [0.5, 0.6) is 5.75 Å². The number of likely N-dealkylation sites (N-methyl/N-ethyl adjacent to an activating group) is 1. The van der Waals surface area contributed by atoms with Gasteiger partial charge in [-0.25, -0.2) is 0 Å². The fourth-order valence-electron chi connectivity index (χ4n) is 1.30. The number of carbonyl (C=O) groups is 1. The van der Waals surface area contributed by atoms with Crippen molar-refractivity contribution in [3.8, 4) is 5.75 Å². The summed E-state index contributed by atoms with van der Waals surface area (Å²) in [6, 6.07) is 6.85. The first-order chi connectivity index (χ1) is 7.56. The molecule has 0 aliphatic rings. The zero-order valence-corrected chi connectivity index (χ0v) is 10.2. The SMILES string of the molecule is CC(CCl)N(C)C(=O)Cc1ccccc1O. The highest BCUT2D eigenvalue weighted by atomic mass is 35.5. The van der Waals surface area contributed by atoms with E-state index in [1.165, 1.54) is 0 Å². The first-order valence-electron chi connectivity index (χ1n) is 5.14. The van der Waals surface area contributed by atoms with Crippen LogP contribution in [0.1, 0.15) is 12.5 Å². The molecule has 0 spiro atoms. The number of rotatable bonds is 4. The maximum absolute atomic E-state index is 11.8. The summed E-state index contributed by atoms with van der Waals surface area (Å²) in [7, 11) is 1.72. The molecule has 1 amide bonds. The second-order valence-corrected chi connectivity index (χ2v) is 4.12. The molecule has 3 nitrogen and oxygen atoms in total. The van der Waals surface area contributed by atoms with E-state index in [1.807, 2.05) is 6.92 Å². The van der Waals surface area contributed by atoms with Gasteiger partial charge in [0, 0.05) is 24.5 Å². The highest BCUT2D eigenvalue weighted by Gasteiger charge is 2.16. The van der Waals surface area contributed by atoms with Crippen LogP contribution in [0.4, 0.5) is 0 Å². The molecular weight excluding hydrogens is 226 g/mol. The molecule has 1 N–H and O–H groups in total. The normalized spacial score (nSPS) is 12.2. The minimum absolute atomic E-state index is 0.0000202.